The number of nitrogens with one attached hydrogen (secondary N) is 1. The van der Waals surface area contributed by atoms with Crippen LogP contribution in [0.25, 0.3) is 0 Å². The number of likely N-dealkylation sites (N-methyl/N-ethyl adjacent to an activating group) is 1. The molecule has 8 nitrogen and oxygen atoms in total. The van der Waals surface area contributed by atoms with Crippen LogP contribution in [-0.2, 0) is 10.0 Å². The average molecular weight is 391 g/mol. The van der Waals surface area contributed by atoms with Crippen LogP contribution in [0.3, 0.4) is 0 Å². The Morgan fingerprint density at radius 1 is 1.04 bits per heavy atom. The molecule has 0 spiro atoms. The third-order valence-corrected chi connectivity index (χ3v) is 6.16. The molecule has 27 heavy (non-hydrogen) atoms. The summed E-state index contributed by atoms with van der Waals surface area (Å²) in [5, 5.41) is 8.22. The minimum Gasteiger partial charge on any atom is -0.495 e. The van der Waals surface area contributed by atoms with E-state index in [9.17, 15) is 8.42 Å². The molecule has 1 aromatic heterocycles. The zero-order chi connectivity index (χ0) is 19.6. The largest absolute Gasteiger partial charge is 0.495 e. The predicted octanol–water partition coefficient (Wildman–Crippen LogP) is 1.65. The molecule has 1 aliphatic heterocycles. The summed E-state index contributed by atoms with van der Waals surface area (Å²) < 4.78 is 33.3. The molecular formula is C18H25N5O3S. The number of hydrogen-bond acceptors (Lipinski definition) is 7. The van der Waals surface area contributed by atoms with Crippen LogP contribution in [0.15, 0.2) is 29.2 Å². The topological polar surface area (TPSA) is 87.7 Å². The Morgan fingerprint density at radius 2 is 1.70 bits per heavy atom. The van der Waals surface area contributed by atoms with Crippen LogP contribution in [0.1, 0.15) is 11.1 Å². The van der Waals surface area contributed by atoms with Gasteiger partial charge in [0.2, 0.25) is 0 Å². The summed E-state index contributed by atoms with van der Waals surface area (Å²) >= 11 is 0. The van der Waals surface area contributed by atoms with Crippen molar-refractivity contribution in [1.29, 1.82) is 0 Å². The fourth-order valence-electron chi connectivity index (χ4n) is 2.91. The Labute approximate surface area is 160 Å². The van der Waals surface area contributed by atoms with Gasteiger partial charge in [-0.3, -0.25) is 4.72 Å². The molecule has 0 amide bonds. The van der Waals surface area contributed by atoms with Gasteiger partial charge >= 0.3 is 0 Å². The number of aromatic nitrogens is 2. The molecule has 0 radical (unpaired) electrons. The van der Waals surface area contributed by atoms with Gasteiger partial charge in [-0.1, -0.05) is 0 Å². The molecule has 3 rings (SSSR count). The first-order chi connectivity index (χ1) is 12.8. The highest BCUT2D eigenvalue weighted by Crippen LogP contribution is 2.28. The summed E-state index contributed by atoms with van der Waals surface area (Å²) in [7, 11) is -0.301. The molecule has 1 N–H and O–H groups in total. The third kappa shape index (κ3) is 4.30. The second kappa shape index (κ2) is 7.69. The van der Waals surface area contributed by atoms with Crippen molar-refractivity contribution in [3.63, 3.8) is 0 Å². The Hall–Kier alpha value is -2.39. The molecule has 2 heterocycles. The molecule has 2 aromatic rings. The van der Waals surface area contributed by atoms with Gasteiger partial charge in [-0.2, -0.15) is 0 Å². The summed E-state index contributed by atoms with van der Waals surface area (Å²) in [5.74, 6) is 1.22. The number of methoxy groups -OCH3 is 1. The molecule has 0 aliphatic carbocycles. The maximum atomic E-state index is 12.8. The van der Waals surface area contributed by atoms with E-state index in [1.54, 1.807) is 24.3 Å². The molecule has 0 bridgehead atoms. The second-order valence-corrected chi connectivity index (χ2v) is 8.41. The average Bonchev–Trinajstić information content (AvgIpc) is 2.64. The molecule has 9 heteroatoms. The number of anilines is 2. The predicted molar refractivity (Wildman–Crippen MR) is 105 cm³/mol. The molecule has 146 valence electrons. The molecule has 0 saturated carbocycles. The summed E-state index contributed by atoms with van der Waals surface area (Å²) in [5.41, 5.74) is 1.83. The van der Waals surface area contributed by atoms with Gasteiger partial charge in [-0.25, -0.2) is 8.42 Å². The van der Waals surface area contributed by atoms with E-state index in [2.05, 4.69) is 31.8 Å². The fourth-order valence-corrected chi connectivity index (χ4v) is 4.14. The van der Waals surface area contributed by atoms with E-state index in [-0.39, 0.29) is 10.7 Å². The molecule has 1 aromatic carbocycles. The lowest BCUT2D eigenvalue weighted by molar-refractivity contribution is 0.312. The van der Waals surface area contributed by atoms with Crippen LogP contribution < -0.4 is 14.4 Å². The Balaban J connectivity index is 1.79. The summed E-state index contributed by atoms with van der Waals surface area (Å²) in [4.78, 5) is 4.47. The van der Waals surface area contributed by atoms with Crippen LogP contribution in [0.2, 0.25) is 0 Å². The highest BCUT2D eigenvalue weighted by atomic mass is 32.2. The van der Waals surface area contributed by atoms with E-state index >= 15 is 0 Å². The van der Waals surface area contributed by atoms with Gasteiger partial charge in [0.15, 0.2) is 11.6 Å². The lowest BCUT2D eigenvalue weighted by atomic mass is 10.1. The van der Waals surface area contributed by atoms with E-state index in [4.69, 9.17) is 4.74 Å². The number of aryl methyl sites for hydroxylation is 2. The number of ether oxygens (including phenoxy) is 1. The van der Waals surface area contributed by atoms with Gasteiger partial charge in [0.25, 0.3) is 10.0 Å². The molecule has 1 aliphatic rings. The number of hydrogen-bond donors (Lipinski definition) is 1. The van der Waals surface area contributed by atoms with E-state index in [0.29, 0.717) is 5.75 Å². The van der Waals surface area contributed by atoms with E-state index in [1.807, 2.05) is 13.8 Å². The Kier molecular flexibility index (Phi) is 5.52. The lowest BCUT2D eigenvalue weighted by Crippen LogP contribution is -2.44. The highest BCUT2D eigenvalue weighted by molar-refractivity contribution is 7.92. The molecule has 1 fully saturated rings. The molecule has 1 saturated heterocycles. The quantitative estimate of drug-likeness (QED) is 0.829. The highest BCUT2D eigenvalue weighted by Gasteiger charge is 2.22. The zero-order valence-electron chi connectivity index (χ0n) is 16.1. The van der Waals surface area contributed by atoms with E-state index in [0.717, 1.165) is 43.1 Å². The van der Waals surface area contributed by atoms with Gasteiger partial charge < -0.3 is 14.5 Å². The first-order valence-corrected chi connectivity index (χ1v) is 10.2. The van der Waals surface area contributed by atoms with Crippen molar-refractivity contribution in [2.24, 2.45) is 0 Å². The Bertz CT molecular complexity index is 907. The van der Waals surface area contributed by atoms with E-state index in [1.165, 1.54) is 7.11 Å². The minimum absolute atomic E-state index is 0.0815. The standard InChI is InChI=1S/C18H25N5O3S/c1-13-11-15(26-4)16(12-14(13)2)27(24,25)21-17-5-6-18(20-19-17)23-9-7-22(3)8-10-23/h5-6,11-12H,7-10H2,1-4H3,(H,19,21). The monoisotopic (exact) mass is 391 g/mol. The van der Waals surface area contributed by atoms with Crippen molar-refractivity contribution in [2.75, 3.05) is 50.0 Å². The Morgan fingerprint density at radius 3 is 2.30 bits per heavy atom. The molecule has 0 atom stereocenters. The fraction of sp³-hybridized carbons (Fsp3) is 0.444. The zero-order valence-corrected chi connectivity index (χ0v) is 16.9. The van der Waals surface area contributed by atoms with Crippen LogP contribution in [-0.4, -0.2) is 63.9 Å². The normalized spacial score (nSPS) is 15.6. The van der Waals surface area contributed by atoms with Crippen molar-refractivity contribution in [1.82, 2.24) is 15.1 Å². The minimum atomic E-state index is -3.84. The summed E-state index contributed by atoms with van der Waals surface area (Å²) in [6.45, 7) is 7.43. The summed E-state index contributed by atoms with van der Waals surface area (Å²) in [6, 6.07) is 6.73. The van der Waals surface area contributed by atoms with Crippen molar-refractivity contribution in [3.8, 4) is 5.75 Å². The maximum absolute atomic E-state index is 12.8. The van der Waals surface area contributed by atoms with E-state index < -0.39 is 10.0 Å². The third-order valence-electron chi connectivity index (χ3n) is 4.79. The number of nitrogens with zero attached hydrogens (tertiary/aromatic N) is 4. The molecule has 0 unspecified atom stereocenters. The summed E-state index contributed by atoms with van der Waals surface area (Å²) in [6.07, 6.45) is 0. The van der Waals surface area contributed by atoms with Crippen molar-refractivity contribution in [3.05, 3.63) is 35.4 Å². The second-order valence-electron chi connectivity index (χ2n) is 6.76. The SMILES string of the molecule is COc1cc(C)c(C)cc1S(=O)(=O)Nc1ccc(N2CCN(C)CC2)nn1. The van der Waals surface area contributed by atoms with Crippen molar-refractivity contribution in [2.45, 2.75) is 18.7 Å². The number of benzene rings is 1. The maximum Gasteiger partial charge on any atom is 0.266 e. The van der Waals surface area contributed by atoms with Gasteiger partial charge in [0, 0.05) is 26.2 Å². The first-order valence-electron chi connectivity index (χ1n) is 8.75. The smallest absolute Gasteiger partial charge is 0.266 e. The number of rotatable bonds is 5. The number of piperazine rings is 1. The van der Waals surface area contributed by atoms with Crippen molar-refractivity contribution >= 4 is 21.7 Å². The van der Waals surface area contributed by atoms with Crippen molar-refractivity contribution < 1.29 is 13.2 Å². The van der Waals surface area contributed by atoms with Crippen LogP contribution >= 0.6 is 0 Å². The molecular weight excluding hydrogens is 366 g/mol. The van der Waals surface area contributed by atoms with Gasteiger partial charge in [-0.05, 0) is 56.3 Å². The van der Waals surface area contributed by atoms with Gasteiger partial charge in [-0.15, -0.1) is 10.2 Å². The van der Waals surface area contributed by atoms with Crippen LogP contribution in [0.5, 0.6) is 5.75 Å². The van der Waals surface area contributed by atoms with Crippen LogP contribution in [0.4, 0.5) is 11.6 Å². The van der Waals surface area contributed by atoms with Gasteiger partial charge in [0.1, 0.15) is 10.6 Å². The number of sulfonamides is 1. The van der Waals surface area contributed by atoms with Crippen LogP contribution in [0, 0.1) is 13.8 Å². The first kappa shape index (κ1) is 19.4. The van der Waals surface area contributed by atoms with Gasteiger partial charge in [0.05, 0.1) is 7.11 Å². The lowest BCUT2D eigenvalue weighted by Gasteiger charge is -2.32.